The number of benzene rings is 1. The molecule has 4 heteroatoms. The second kappa shape index (κ2) is 10.1. The summed E-state index contributed by atoms with van der Waals surface area (Å²) < 4.78 is 0. The Balaban J connectivity index is 2.43. The van der Waals surface area contributed by atoms with Gasteiger partial charge in [-0.15, -0.1) is 0 Å². The quantitative estimate of drug-likeness (QED) is 0.534. The van der Waals surface area contributed by atoms with Crippen LogP contribution >= 0.6 is 0 Å². The van der Waals surface area contributed by atoms with Crippen molar-refractivity contribution < 1.29 is 9.59 Å². The maximum absolute atomic E-state index is 12.0. The number of unbranched alkanes of at least 4 members (excludes halogenated alkanes) is 3. The van der Waals surface area contributed by atoms with Gasteiger partial charge in [-0.25, -0.2) is 0 Å². The van der Waals surface area contributed by atoms with Gasteiger partial charge in [0.2, 0.25) is 0 Å². The molecule has 4 nitrogen and oxygen atoms in total. The Hall–Kier alpha value is -1.68. The molecule has 1 N–H and O–H groups in total. The first-order valence-corrected chi connectivity index (χ1v) is 8.10. The van der Waals surface area contributed by atoms with E-state index in [4.69, 9.17) is 0 Å². The van der Waals surface area contributed by atoms with Gasteiger partial charge in [-0.3, -0.25) is 9.59 Å². The average Bonchev–Trinajstić information content (AvgIpc) is 2.52. The maximum Gasteiger partial charge on any atom is 0.251 e. The smallest absolute Gasteiger partial charge is 0.251 e. The van der Waals surface area contributed by atoms with Gasteiger partial charge < -0.3 is 10.2 Å². The van der Waals surface area contributed by atoms with Crippen LogP contribution in [0.5, 0.6) is 0 Å². The number of amides is 1. The van der Waals surface area contributed by atoms with E-state index in [9.17, 15) is 9.59 Å². The number of Topliss-reactive ketones (excluding diaryl/α,β-unsaturated/α-hetero) is 1. The Kier molecular flexibility index (Phi) is 8.44. The minimum atomic E-state index is -0.0659. The zero-order valence-electron chi connectivity index (χ0n) is 14.0. The number of hydrogen-bond acceptors (Lipinski definition) is 3. The Morgan fingerprint density at radius 1 is 1.00 bits per heavy atom. The summed E-state index contributed by atoms with van der Waals surface area (Å²) in [5.41, 5.74) is 1.28. The maximum atomic E-state index is 12.0. The molecule has 0 spiro atoms. The highest BCUT2D eigenvalue weighted by molar-refractivity contribution is 5.98. The molecule has 0 heterocycles. The number of carbonyl (C=O) groups is 2. The highest BCUT2D eigenvalue weighted by Crippen LogP contribution is 2.08. The van der Waals surface area contributed by atoms with Crippen LogP contribution in [0.3, 0.4) is 0 Å². The Bertz CT molecular complexity index is 466. The van der Waals surface area contributed by atoms with Gasteiger partial charge in [0.05, 0.1) is 0 Å². The summed E-state index contributed by atoms with van der Waals surface area (Å²) in [6.07, 6.45) is 5.06. The van der Waals surface area contributed by atoms with Gasteiger partial charge in [-0.1, -0.05) is 38.3 Å². The third-order valence-corrected chi connectivity index (χ3v) is 3.57. The van der Waals surface area contributed by atoms with Crippen molar-refractivity contribution in [2.75, 3.05) is 27.2 Å². The molecule has 0 aliphatic heterocycles. The van der Waals surface area contributed by atoms with Crippen LogP contribution in [0.1, 0.15) is 59.7 Å². The molecule has 0 atom stereocenters. The predicted octanol–water partition coefficient (Wildman–Crippen LogP) is 3.13. The molecule has 0 aliphatic rings. The summed E-state index contributed by atoms with van der Waals surface area (Å²) in [6, 6.07) is 6.93. The number of carbonyl (C=O) groups excluding carboxylic acids is 2. The topological polar surface area (TPSA) is 49.4 Å². The lowest BCUT2D eigenvalue weighted by molar-refractivity contribution is 0.0947. The van der Waals surface area contributed by atoms with Crippen LogP contribution in [0.4, 0.5) is 0 Å². The second-order valence-electron chi connectivity index (χ2n) is 5.87. The molecule has 0 saturated heterocycles. The number of hydrogen-bond donors (Lipinski definition) is 1. The first-order chi connectivity index (χ1) is 10.5. The van der Waals surface area contributed by atoms with Gasteiger partial charge in [0.25, 0.3) is 5.91 Å². The zero-order chi connectivity index (χ0) is 16.4. The molecule has 0 radical (unpaired) electrons. The van der Waals surface area contributed by atoms with Crippen LogP contribution in [0.15, 0.2) is 24.3 Å². The van der Waals surface area contributed by atoms with E-state index in [1.165, 1.54) is 12.8 Å². The van der Waals surface area contributed by atoms with Crippen molar-refractivity contribution in [3.63, 3.8) is 0 Å². The molecule has 1 aromatic rings. The van der Waals surface area contributed by atoms with Gasteiger partial charge in [0, 0.05) is 30.6 Å². The Morgan fingerprint density at radius 2 is 1.64 bits per heavy atom. The molecule has 0 aliphatic carbocycles. The van der Waals surface area contributed by atoms with Crippen molar-refractivity contribution in [3.8, 4) is 0 Å². The van der Waals surface area contributed by atoms with Crippen molar-refractivity contribution in [3.05, 3.63) is 35.4 Å². The molecule has 0 bridgehead atoms. The first-order valence-electron chi connectivity index (χ1n) is 8.10. The predicted molar refractivity (Wildman–Crippen MR) is 90.4 cm³/mol. The van der Waals surface area contributed by atoms with Gasteiger partial charge in [-0.05, 0) is 32.6 Å². The van der Waals surface area contributed by atoms with E-state index in [0.717, 1.165) is 19.4 Å². The number of ketones is 1. The van der Waals surface area contributed by atoms with E-state index < -0.39 is 0 Å². The lowest BCUT2D eigenvalue weighted by atomic mass is 10.1. The average molecular weight is 304 g/mol. The molecule has 122 valence electrons. The summed E-state index contributed by atoms with van der Waals surface area (Å²) in [5.74, 6) is 0.0454. The van der Waals surface area contributed by atoms with Crippen molar-refractivity contribution in [2.24, 2.45) is 0 Å². The summed E-state index contributed by atoms with van der Waals surface area (Å²) in [7, 11) is 3.89. The van der Waals surface area contributed by atoms with E-state index >= 15 is 0 Å². The van der Waals surface area contributed by atoms with Crippen LogP contribution in [0.2, 0.25) is 0 Å². The summed E-state index contributed by atoms with van der Waals surface area (Å²) >= 11 is 0. The monoisotopic (exact) mass is 304 g/mol. The second-order valence-corrected chi connectivity index (χ2v) is 5.87. The van der Waals surface area contributed by atoms with Gasteiger partial charge in [-0.2, -0.15) is 0 Å². The van der Waals surface area contributed by atoms with Crippen LogP contribution in [0, 0.1) is 0 Å². The molecule has 22 heavy (non-hydrogen) atoms. The van der Waals surface area contributed by atoms with E-state index in [0.29, 0.717) is 24.1 Å². The highest BCUT2D eigenvalue weighted by atomic mass is 16.1. The minimum Gasteiger partial charge on any atom is -0.352 e. The van der Waals surface area contributed by atoms with Crippen LogP contribution in [-0.4, -0.2) is 43.8 Å². The van der Waals surface area contributed by atoms with E-state index in [1.54, 1.807) is 24.3 Å². The number of rotatable bonds is 10. The lowest BCUT2D eigenvalue weighted by Crippen LogP contribution is -2.24. The van der Waals surface area contributed by atoms with Crippen molar-refractivity contribution >= 4 is 11.7 Å². The molecular formula is C18H28N2O2. The number of nitrogens with one attached hydrogen (secondary N) is 1. The Labute approximate surface area is 133 Å². The molecule has 0 aromatic heterocycles. The largest absolute Gasteiger partial charge is 0.352 e. The van der Waals surface area contributed by atoms with E-state index in [2.05, 4.69) is 12.2 Å². The SMILES string of the molecule is CCCCCCNC(=O)c1ccc(C(=O)CCN(C)C)cc1. The number of nitrogens with zero attached hydrogens (tertiary/aromatic N) is 1. The molecule has 1 amide bonds. The third kappa shape index (κ3) is 6.85. The highest BCUT2D eigenvalue weighted by Gasteiger charge is 2.09. The zero-order valence-corrected chi connectivity index (χ0v) is 14.0. The first kappa shape index (κ1) is 18.4. The van der Waals surface area contributed by atoms with Crippen LogP contribution in [-0.2, 0) is 0 Å². The fourth-order valence-corrected chi connectivity index (χ4v) is 2.13. The molecule has 0 fully saturated rings. The molecule has 1 rings (SSSR count). The Morgan fingerprint density at radius 3 is 2.23 bits per heavy atom. The van der Waals surface area contributed by atoms with Gasteiger partial charge in [0.1, 0.15) is 0 Å². The van der Waals surface area contributed by atoms with Crippen LogP contribution in [0.25, 0.3) is 0 Å². The fraction of sp³-hybridized carbons (Fsp3) is 0.556. The normalized spacial score (nSPS) is 10.7. The van der Waals surface area contributed by atoms with E-state index in [1.807, 2.05) is 19.0 Å². The minimum absolute atomic E-state index is 0.0659. The van der Waals surface area contributed by atoms with Crippen molar-refractivity contribution in [2.45, 2.75) is 39.0 Å². The molecule has 0 saturated carbocycles. The lowest BCUT2D eigenvalue weighted by Gasteiger charge is -2.09. The molecular weight excluding hydrogens is 276 g/mol. The molecule has 1 aromatic carbocycles. The summed E-state index contributed by atoms with van der Waals surface area (Å²) in [5, 5.41) is 2.92. The summed E-state index contributed by atoms with van der Waals surface area (Å²) in [6.45, 7) is 3.61. The van der Waals surface area contributed by atoms with Crippen molar-refractivity contribution in [1.29, 1.82) is 0 Å². The van der Waals surface area contributed by atoms with E-state index in [-0.39, 0.29) is 11.7 Å². The standard InChI is InChI=1S/C18H28N2O2/c1-4-5-6-7-13-19-18(22)16-10-8-15(9-11-16)17(21)12-14-20(2)3/h8-11H,4-7,12-14H2,1-3H3,(H,19,22). The van der Waals surface area contributed by atoms with Gasteiger partial charge in [0.15, 0.2) is 5.78 Å². The van der Waals surface area contributed by atoms with Crippen molar-refractivity contribution in [1.82, 2.24) is 10.2 Å². The fourth-order valence-electron chi connectivity index (χ4n) is 2.13. The van der Waals surface area contributed by atoms with Gasteiger partial charge >= 0.3 is 0 Å². The van der Waals surface area contributed by atoms with Crippen LogP contribution < -0.4 is 5.32 Å². The molecule has 0 unspecified atom stereocenters. The summed E-state index contributed by atoms with van der Waals surface area (Å²) in [4.78, 5) is 25.9. The third-order valence-electron chi connectivity index (χ3n) is 3.57.